The predicted octanol–water partition coefficient (Wildman–Crippen LogP) is 5.43. The van der Waals surface area contributed by atoms with Gasteiger partial charge in [-0.05, 0) is 36.4 Å². The molecular formula is C22H14F2N2O. The first-order valence-electron chi connectivity index (χ1n) is 8.33. The average molecular weight is 360 g/mol. The van der Waals surface area contributed by atoms with Gasteiger partial charge in [0.15, 0.2) is 0 Å². The van der Waals surface area contributed by atoms with Crippen molar-refractivity contribution in [3.63, 3.8) is 0 Å². The zero-order valence-corrected chi connectivity index (χ0v) is 14.1. The van der Waals surface area contributed by atoms with E-state index in [1.165, 1.54) is 6.07 Å². The maximum absolute atomic E-state index is 13.8. The highest BCUT2D eigenvalue weighted by molar-refractivity contribution is 6.04. The molecule has 27 heavy (non-hydrogen) atoms. The second-order valence-corrected chi connectivity index (χ2v) is 6.02. The van der Waals surface area contributed by atoms with Crippen LogP contribution >= 0.6 is 0 Å². The van der Waals surface area contributed by atoms with E-state index in [4.69, 9.17) is 0 Å². The number of para-hydroxylation sites is 1. The van der Waals surface area contributed by atoms with Crippen LogP contribution in [0.3, 0.4) is 0 Å². The van der Waals surface area contributed by atoms with Gasteiger partial charge in [-0.2, -0.15) is 0 Å². The number of carbonyl (C=O) groups is 1. The Morgan fingerprint density at radius 3 is 2.37 bits per heavy atom. The molecule has 0 aliphatic rings. The van der Waals surface area contributed by atoms with Crippen molar-refractivity contribution < 1.29 is 13.6 Å². The molecule has 0 bridgehead atoms. The molecule has 0 atom stereocenters. The van der Waals surface area contributed by atoms with Gasteiger partial charge < -0.3 is 5.32 Å². The number of fused-ring (bicyclic) bond motifs is 1. The number of aromatic nitrogens is 1. The number of hydrogen-bond acceptors (Lipinski definition) is 2. The summed E-state index contributed by atoms with van der Waals surface area (Å²) in [6.07, 6.45) is 0. The lowest BCUT2D eigenvalue weighted by atomic mass is 10.1. The molecule has 5 heteroatoms. The summed E-state index contributed by atoms with van der Waals surface area (Å²) in [6, 6.07) is 21.9. The van der Waals surface area contributed by atoms with Gasteiger partial charge in [-0.1, -0.05) is 42.5 Å². The maximum Gasteiger partial charge on any atom is 0.261 e. The predicted molar refractivity (Wildman–Crippen MR) is 101 cm³/mol. The van der Waals surface area contributed by atoms with Gasteiger partial charge in [0.25, 0.3) is 5.91 Å². The molecule has 4 aromatic rings. The molecule has 0 fully saturated rings. The van der Waals surface area contributed by atoms with Crippen LogP contribution in [0.5, 0.6) is 0 Å². The van der Waals surface area contributed by atoms with Crippen molar-refractivity contribution in [3.05, 3.63) is 96.1 Å². The van der Waals surface area contributed by atoms with E-state index in [-0.39, 0.29) is 0 Å². The molecule has 1 heterocycles. The lowest BCUT2D eigenvalue weighted by Gasteiger charge is -2.09. The van der Waals surface area contributed by atoms with Crippen LogP contribution in [-0.2, 0) is 0 Å². The van der Waals surface area contributed by atoms with Gasteiger partial charge in [0.05, 0.1) is 11.2 Å². The number of pyridine rings is 1. The molecule has 3 aromatic carbocycles. The fourth-order valence-electron chi connectivity index (χ4n) is 2.89. The van der Waals surface area contributed by atoms with Gasteiger partial charge in [0.1, 0.15) is 17.2 Å². The Bertz CT molecular complexity index is 1140. The Kier molecular flexibility index (Phi) is 4.34. The van der Waals surface area contributed by atoms with Crippen molar-refractivity contribution in [2.24, 2.45) is 0 Å². The second kappa shape index (κ2) is 6.96. The highest BCUT2D eigenvalue weighted by Crippen LogP contribution is 2.24. The Labute approximate surface area is 154 Å². The normalized spacial score (nSPS) is 10.7. The topological polar surface area (TPSA) is 42.0 Å². The van der Waals surface area contributed by atoms with Crippen molar-refractivity contribution in [2.75, 3.05) is 5.32 Å². The molecule has 0 unspecified atom stereocenters. The summed E-state index contributed by atoms with van der Waals surface area (Å²) in [6.45, 7) is 0. The molecule has 1 amide bonds. The number of hydrogen-bond donors (Lipinski definition) is 1. The van der Waals surface area contributed by atoms with Gasteiger partial charge in [-0.15, -0.1) is 0 Å². The number of nitrogens with one attached hydrogen (secondary N) is 1. The quantitative estimate of drug-likeness (QED) is 0.529. The van der Waals surface area contributed by atoms with E-state index in [9.17, 15) is 13.6 Å². The fourth-order valence-corrected chi connectivity index (χ4v) is 2.89. The summed E-state index contributed by atoms with van der Waals surface area (Å²) >= 11 is 0. The van der Waals surface area contributed by atoms with Crippen molar-refractivity contribution >= 4 is 22.5 Å². The van der Waals surface area contributed by atoms with Crippen LogP contribution in [0.25, 0.3) is 22.2 Å². The number of amides is 1. The largest absolute Gasteiger partial charge is 0.322 e. The van der Waals surface area contributed by atoms with Crippen LogP contribution in [0.15, 0.2) is 78.9 Å². The first kappa shape index (κ1) is 16.8. The van der Waals surface area contributed by atoms with E-state index in [1.54, 1.807) is 18.2 Å². The first-order chi connectivity index (χ1) is 13.1. The SMILES string of the molecule is O=C(Nc1cccc(-c2ccc3ccccc3n2)c1)c1c(F)cccc1F. The minimum absolute atomic E-state index is 0.426. The van der Waals surface area contributed by atoms with Gasteiger partial charge in [-0.25, -0.2) is 13.8 Å². The molecule has 0 aliphatic carbocycles. The number of benzene rings is 3. The Morgan fingerprint density at radius 1 is 0.815 bits per heavy atom. The molecule has 4 rings (SSSR count). The summed E-state index contributed by atoms with van der Waals surface area (Å²) in [5, 5.41) is 3.57. The number of anilines is 1. The monoisotopic (exact) mass is 360 g/mol. The number of rotatable bonds is 3. The summed E-state index contributed by atoms with van der Waals surface area (Å²) in [4.78, 5) is 16.9. The minimum atomic E-state index is -0.903. The summed E-state index contributed by atoms with van der Waals surface area (Å²) in [5.74, 6) is -2.64. The molecule has 132 valence electrons. The third-order valence-electron chi connectivity index (χ3n) is 4.20. The van der Waals surface area contributed by atoms with Crippen molar-refractivity contribution in [2.45, 2.75) is 0 Å². The number of halogens is 2. The van der Waals surface area contributed by atoms with E-state index < -0.39 is 23.1 Å². The van der Waals surface area contributed by atoms with Crippen LogP contribution in [0, 0.1) is 11.6 Å². The van der Waals surface area contributed by atoms with Crippen molar-refractivity contribution in [1.29, 1.82) is 0 Å². The molecule has 0 saturated heterocycles. The first-order valence-corrected chi connectivity index (χ1v) is 8.33. The van der Waals surface area contributed by atoms with Crippen LogP contribution < -0.4 is 5.32 Å². The van der Waals surface area contributed by atoms with Crippen LogP contribution in [-0.4, -0.2) is 10.9 Å². The van der Waals surface area contributed by atoms with Gasteiger partial charge >= 0.3 is 0 Å². The lowest BCUT2D eigenvalue weighted by Crippen LogP contribution is -2.15. The fraction of sp³-hybridized carbons (Fsp3) is 0. The van der Waals surface area contributed by atoms with Gasteiger partial charge in [-0.3, -0.25) is 4.79 Å². The Morgan fingerprint density at radius 2 is 1.56 bits per heavy atom. The Balaban J connectivity index is 1.65. The Hall–Kier alpha value is -3.60. The van der Waals surface area contributed by atoms with Crippen molar-refractivity contribution in [1.82, 2.24) is 4.98 Å². The standard InChI is InChI=1S/C22H14F2N2O/c23-17-8-4-9-18(24)21(17)22(27)25-16-7-3-6-15(13-16)20-12-11-14-5-1-2-10-19(14)26-20/h1-13H,(H,25,27). The molecule has 0 saturated carbocycles. The summed E-state index contributed by atoms with van der Waals surface area (Å²) < 4.78 is 27.6. The molecule has 0 radical (unpaired) electrons. The van der Waals surface area contributed by atoms with Gasteiger partial charge in [0.2, 0.25) is 0 Å². The van der Waals surface area contributed by atoms with Gasteiger partial charge in [0, 0.05) is 16.6 Å². The van der Waals surface area contributed by atoms with E-state index in [0.29, 0.717) is 5.69 Å². The molecule has 1 aromatic heterocycles. The smallest absolute Gasteiger partial charge is 0.261 e. The molecule has 0 aliphatic heterocycles. The summed E-state index contributed by atoms with van der Waals surface area (Å²) in [7, 11) is 0. The average Bonchev–Trinajstić information content (AvgIpc) is 2.67. The van der Waals surface area contributed by atoms with Crippen LogP contribution in [0.1, 0.15) is 10.4 Å². The highest BCUT2D eigenvalue weighted by atomic mass is 19.1. The zero-order valence-electron chi connectivity index (χ0n) is 14.1. The van der Waals surface area contributed by atoms with E-state index in [1.807, 2.05) is 42.5 Å². The second-order valence-electron chi connectivity index (χ2n) is 6.02. The number of carbonyl (C=O) groups excluding carboxylic acids is 1. The summed E-state index contributed by atoms with van der Waals surface area (Å²) in [5.41, 5.74) is 2.20. The number of nitrogens with zero attached hydrogens (tertiary/aromatic N) is 1. The molecule has 1 N–H and O–H groups in total. The molecular weight excluding hydrogens is 346 g/mol. The van der Waals surface area contributed by atoms with Crippen molar-refractivity contribution in [3.8, 4) is 11.3 Å². The van der Waals surface area contributed by atoms with E-state index >= 15 is 0 Å². The maximum atomic E-state index is 13.8. The molecule has 0 spiro atoms. The van der Waals surface area contributed by atoms with Crippen LogP contribution in [0.4, 0.5) is 14.5 Å². The van der Waals surface area contributed by atoms with E-state index in [2.05, 4.69) is 10.3 Å². The third kappa shape index (κ3) is 3.40. The zero-order chi connectivity index (χ0) is 18.8. The van der Waals surface area contributed by atoms with Crippen LogP contribution in [0.2, 0.25) is 0 Å². The lowest BCUT2D eigenvalue weighted by molar-refractivity contribution is 0.101. The third-order valence-corrected chi connectivity index (χ3v) is 4.20. The molecule has 3 nitrogen and oxygen atoms in total. The highest BCUT2D eigenvalue weighted by Gasteiger charge is 2.17. The van der Waals surface area contributed by atoms with E-state index in [0.717, 1.165) is 34.3 Å². The minimum Gasteiger partial charge on any atom is -0.322 e.